The van der Waals surface area contributed by atoms with Crippen molar-refractivity contribution in [3.63, 3.8) is 0 Å². The minimum atomic E-state index is -0.00956. The van der Waals surface area contributed by atoms with Gasteiger partial charge < -0.3 is 14.8 Å². The topological polar surface area (TPSA) is 43.4 Å². The van der Waals surface area contributed by atoms with E-state index in [9.17, 15) is 0 Å². The first-order chi connectivity index (χ1) is 11.6. The van der Waals surface area contributed by atoms with E-state index in [0.29, 0.717) is 0 Å². The normalized spacial score (nSPS) is 16.6. The molecule has 0 radical (unpaired) electrons. The first-order valence-corrected chi connectivity index (χ1v) is 9.01. The molecule has 2 heterocycles. The molecule has 0 saturated carbocycles. The maximum atomic E-state index is 5.66. The first-order valence-electron chi connectivity index (χ1n) is 8.21. The molecule has 1 aliphatic heterocycles. The summed E-state index contributed by atoms with van der Waals surface area (Å²) >= 11 is 3.42. The lowest BCUT2D eigenvalue weighted by Crippen LogP contribution is -2.40. The molecule has 1 aromatic heterocycles. The molecule has 1 aliphatic rings. The highest BCUT2D eigenvalue weighted by molar-refractivity contribution is 9.10. The Kier molecular flexibility index (Phi) is 5.41. The Morgan fingerprint density at radius 1 is 1.25 bits per heavy atom. The van der Waals surface area contributed by atoms with Gasteiger partial charge >= 0.3 is 0 Å². The van der Waals surface area contributed by atoms with Crippen molar-refractivity contribution in [2.24, 2.45) is 0 Å². The average molecular weight is 391 g/mol. The molecule has 2 aromatic rings. The van der Waals surface area contributed by atoms with E-state index in [4.69, 9.17) is 9.47 Å². The molecule has 1 saturated heterocycles. The van der Waals surface area contributed by atoms with Crippen LogP contribution in [-0.4, -0.2) is 31.9 Å². The number of halogens is 1. The second-order valence-electron chi connectivity index (χ2n) is 6.31. The van der Waals surface area contributed by atoms with E-state index in [1.165, 1.54) is 11.1 Å². The van der Waals surface area contributed by atoms with Gasteiger partial charge in [-0.3, -0.25) is 0 Å². The molecular weight excluding hydrogens is 368 g/mol. The van der Waals surface area contributed by atoms with Crippen molar-refractivity contribution in [2.45, 2.75) is 25.2 Å². The Morgan fingerprint density at radius 2 is 2.04 bits per heavy atom. The molecule has 3 rings (SSSR count). The first kappa shape index (κ1) is 17.2. The molecule has 1 N–H and O–H groups in total. The van der Waals surface area contributed by atoms with Gasteiger partial charge in [0.05, 0.1) is 7.11 Å². The van der Waals surface area contributed by atoms with Gasteiger partial charge in [-0.25, -0.2) is 4.98 Å². The second kappa shape index (κ2) is 7.53. The van der Waals surface area contributed by atoms with E-state index in [-0.39, 0.29) is 5.41 Å². The van der Waals surface area contributed by atoms with Crippen molar-refractivity contribution < 1.29 is 9.47 Å². The fourth-order valence-electron chi connectivity index (χ4n) is 3.28. The summed E-state index contributed by atoms with van der Waals surface area (Å²) < 4.78 is 12.3. The van der Waals surface area contributed by atoms with E-state index in [1.807, 2.05) is 18.3 Å². The maximum absolute atomic E-state index is 5.66. The molecule has 0 bridgehead atoms. The summed E-state index contributed by atoms with van der Waals surface area (Å²) in [6, 6.07) is 10.4. The van der Waals surface area contributed by atoms with Crippen LogP contribution in [-0.2, 0) is 10.2 Å². The molecule has 0 spiro atoms. The highest BCUT2D eigenvalue weighted by atomic mass is 79.9. The zero-order valence-electron chi connectivity index (χ0n) is 14.1. The van der Waals surface area contributed by atoms with Gasteiger partial charge in [0, 0.05) is 41.4 Å². The Hall–Kier alpha value is -1.59. The summed E-state index contributed by atoms with van der Waals surface area (Å²) in [5.41, 5.74) is 2.50. The van der Waals surface area contributed by atoms with Crippen LogP contribution in [0.3, 0.4) is 0 Å². The number of nitrogens with one attached hydrogen (secondary N) is 1. The van der Waals surface area contributed by atoms with Crippen LogP contribution < -0.4 is 10.1 Å². The second-order valence-corrected chi connectivity index (χ2v) is 7.23. The number of hydrogen-bond acceptors (Lipinski definition) is 4. The molecule has 128 valence electrons. The van der Waals surface area contributed by atoms with Crippen LogP contribution in [0, 0.1) is 6.92 Å². The molecule has 4 nitrogen and oxygen atoms in total. The third kappa shape index (κ3) is 3.73. The maximum Gasteiger partial charge on any atom is 0.125 e. The number of rotatable bonds is 5. The standard InChI is InChI=1S/C19H23BrN2O2/c1-14-3-5-17(23-2)16(11-14)19(7-9-24-10-8-19)13-22-18-6-4-15(20)12-21-18/h3-6,11-12H,7-10,13H2,1-2H3,(H,21,22). The summed E-state index contributed by atoms with van der Waals surface area (Å²) in [5, 5.41) is 3.51. The molecular formula is C19H23BrN2O2. The number of anilines is 1. The molecule has 0 amide bonds. The van der Waals surface area contributed by atoms with Crippen molar-refractivity contribution in [1.29, 1.82) is 0 Å². The predicted molar refractivity (Wildman–Crippen MR) is 99.9 cm³/mol. The van der Waals surface area contributed by atoms with Crippen LogP contribution in [0.4, 0.5) is 5.82 Å². The summed E-state index contributed by atoms with van der Waals surface area (Å²) in [5.74, 6) is 1.84. The van der Waals surface area contributed by atoms with Gasteiger partial charge in [-0.05, 0) is 53.9 Å². The zero-order chi connectivity index (χ0) is 17.0. The smallest absolute Gasteiger partial charge is 0.125 e. The molecule has 0 unspecified atom stereocenters. The summed E-state index contributed by atoms with van der Waals surface area (Å²) in [4.78, 5) is 4.43. The number of benzene rings is 1. The molecule has 0 aliphatic carbocycles. The van der Waals surface area contributed by atoms with Crippen molar-refractivity contribution in [1.82, 2.24) is 4.98 Å². The zero-order valence-corrected chi connectivity index (χ0v) is 15.7. The quantitative estimate of drug-likeness (QED) is 0.825. The third-order valence-electron chi connectivity index (χ3n) is 4.71. The van der Waals surface area contributed by atoms with Crippen LogP contribution >= 0.6 is 15.9 Å². The van der Waals surface area contributed by atoms with E-state index in [2.05, 4.69) is 51.4 Å². The SMILES string of the molecule is COc1ccc(C)cc1C1(CNc2ccc(Br)cn2)CCOCC1. The Balaban J connectivity index is 1.90. The number of aromatic nitrogens is 1. The summed E-state index contributed by atoms with van der Waals surface area (Å²) in [6.07, 6.45) is 3.75. The Labute approximate surface area is 151 Å². The van der Waals surface area contributed by atoms with Crippen LogP contribution in [0.2, 0.25) is 0 Å². The van der Waals surface area contributed by atoms with Gasteiger partial charge in [0.25, 0.3) is 0 Å². The summed E-state index contributed by atoms with van der Waals surface area (Å²) in [7, 11) is 1.74. The number of hydrogen-bond donors (Lipinski definition) is 1. The van der Waals surface area contributed by atoms with E-state index < -0.39 is 0 Å². The fourth-order valence-corrected chi connectivity index (χ4v) is 3.51. The summed E-state index contributed by atoms with van der Waals surface area (Å²) in [6.45, 7) is 4.48. The van der Waals surface area contributed by atoms with Crippen LogP contribution in [0.15, 0.2) is 41.0 Å². The van der Waals surface area contributed by atoms with E-state index in [1.54, 1.807) is 7.11 Å². The third-order valence-corrected chi connectivity index (χ3v) is 5.18. The highest BCUT2D eigenvalue weighted by Gasteiger charge is 2.37. The molecule has 1 fully saturated rings. The predicted octanol–water partition coefficient (Wildman–Crippen LogP) is 4.32. The van der Waals surface area contributed by atoms with Gasteiger partial charge in [0.1, 0.15) is 11.6 Å². The van der Waals surface area contributed by atoms with Gasteiger partial charge in [0.15, 0.2) is 0 Å². The Bertz CT molecular complexity index is 682. The lowest BCUT2D eigenvalue weighted by Gasteiger charge is -2.39. The number of methoxy groups -OCH3 is 1. The molecule has 24 heavy (non-hydrogen) atoms. The van der Waals surface area contributed by atoms with Gasteiger partial charge in [-0.15, -0.1) is 0 Å². The van der Waals surface area contributed by atoms with Crippen molar-refractivity contribution in [3.8, 4) is 5.75 Å². The fraction of sp³-hybridized carbons (Fsp3) is 0.421. The average Bonchev–Trinajstić information content (AvgIpc) is 2.62. The van der Waals surface area contributed by atoms with Crippen molar-refractivity contribution in [3.05, 3.63) is 52.1 Å². The lowest BCUT2D eigenvalue weighted by atomic mass is 9.73. The van der Waals surface area contributed by atoms with Gasteiger partial charge in [0.2, 0.25) is 0 Å². The minimum absolute atomic E-state index is 0.00956. The molecule has 1 aromatic carbocycles. The lowest BCUT2D eigenvalue weighted by molar-refractivity contribution is 0.0535. The number of aryl methyl sites for hydroxylation is 1. The number of nitrogens with zero attached hydrogens (tertiary/aromatic N) is 1. The van der Waals surface area contributed by atoms with Crippen molar-refractivity contribution >= 4 is 21.7 Å². The van der Waals surface area contributed by atoms with Gasteiger partial charge in [-0.1, -0.05) is 17.7 Å². The van der Waals surface area contributed by atoms with Crippen LogP contribution in [0.5, 0.6) is 5.75 Å². The van der Waals surface area contributed by atoms with Crippen molar-refractivity contribution in [2.75, 3.05) is 32.2 Å². The number of ether oxygens (including phenoxy) is 2. The van der Waals surface area contributed by atoms with Crippen LogP contribution in [0.1, 0.15) is 24.0 Å². The van der Waals surface area contributed by atoms with E-state index >= 15 is 0 Å². The van der Waals surface area contributed by atoms with Crippen LogP contribution in [0.25, 0.3) is 0 Å². The molecule has 0 atom stereocenters. The van der Waals surface area contributed by atoms with E-state index in [0.717, 1.165) is 48.6 Å². The monoisotopic (exact) mass is 390 g/mol. The molecule has 5 heteroatoms. The van der Waals surface area contributed by atoms with Gasteiger partial charge in [-0.2, -0.15) is 0 Å². The minimum Gasteiger partial charge on any atom is -0.496 e. The highest BCUT2D eigenvalue weighted by Crippen LogP contribution is 2.40. The Morgan fingerprint density at radius 3 is 2.71 bits per heavy atom. The largest absolute Gasteiger partial charge is 0.496 e. The number of pyridine rings is 1.